The number of phenols is 1. The van der Waals surface area contributed by atoms with Crippen molar-refractivity contribution in [3.8, 4) is 5.75 Å². The van der Waals surface area contributed by atoms with Gasteiger partial charge in [-0.25, -0.2) is 0 Å². The van der Waals surface area contributed by atoms with Crippen LogP contribution in [0, 0.1) is 6.92 Å². The molecule has 0 spiro atoms. The van der Waals surface area contributed by atoms with E-state index in [9.17, 15) is 5.11 Å². The van der Waals surface area contributed by atoms with Crippen LogP contribution in [0.4, 0.5) is 0 Å². The molecule has 19 heavy (non-hydrogen) atoms. The molecule has 3 rings (SSSR count). The molecule has 0 atom stereocenters. The lowest BCUT2D eigenvalue weighted by Gasteiger charge is -2.02. The van der Waals surface area contributed by atoms with Crippen molar-refractivity contribution in [3.05, 3.63) is 47.3 Å². The maximum atomic E-state index is 9.46. The Kier molecular flexibility index (Phi) is 3.25. The predicted molar refractivity (Wildman–Crippen MR) is 74.0 cm³/mol. The van der Waals surface area contributed by atoms with Gasteiger partial charge in [-0.15, -0.1) is 0 Å². The van der Waals surface area contributed by atoms with Gasteiger partial charge < -0.3 is 10.4 Å². The van der Waals surface area contributed by atoms with Crippen LogP contribution in [0.5, 0.6) is 5.75 Å². The third-order valence-corrected chi connectivity index (χ3v) is 3.46. The smallest absolute Gasteiger partial charge is 0.115 e. The standard InChI is InChI=1S/C15H19N3O/c1-11-13(8-16-14-5-6-14)10-18(17-11)9-12-3-2-4-15(19)7-12/h2-4,7,10,14,16,19H,5-6,8-9H2,1H3. The minimum atomic E-state index is 0.303. The molecular weight excluding hydrogens is 238 g/mol. The highest BCUT2D eigenvalue weighted by molar-refractivity contribution is 5.27. The number of benzene rings is 1. The first kappa shape index (κ1) is 12.2. The van der Waals surface area contributed by atoms with Crippen LogP contribution in [0.1, 0.15) is 29.7 Å². The van der Waals surface area contributed by atoms with Gasteiger partial charge in [0.2, 0.25) is 0 Å². The van der Waals surface area contributed by atoms with Gasteiger partial charge in [-0.05, 0) is 37.5 Å². The van der Waals surface area contributed by atoms with Gasteiger partial charge >= 0.3 is 0 Å². The number of phenolic OH excluding ortho intramolecular Hbond substituents is 1. The van der Waals surface area contributed by atoms with Crippen molar-refractivity contribution in [1.82, 2.24) is 15.1 Å². The zero-order valence-electron chi connectivity index (χ0n) is 11.1. The molecule has 0 bridgehead atoms. The van der Waals surface area contributed by atoms with Gasteiger partial charge in [-0.2, -0.15) is 5.10 Å². The van der Waals surface area contributed by atoms with Crippen LogP contribution in [-0.4, -0.2) is 20.9 Å². The van der Waals surface area contributed by atoms with E-state index in [1.165, 1.54) is 18.4 Å². The Bertz CT molecular complexity index is 573. The first-order valence-electron chi connectivity index (χ1n) is 6.75. The van der Waals surface area contributed by atoms with Crippen LogP contribution in [0.3, 0.4) is 0 Å². The van der Waals surface area contributed by atoms with E-state index >= 15 is 0 Å². The molecule has 2 aromatic rings. The van der Waals surface area contributed by atoms with Gasteiger partial charge in [-0.1, -0.05) is 12.1 Å². The van der Waals surface area contributed by atoms with E-state index in [0.29, 0.717) is 18.3 Å². The fourth-order valence-corrected chi connectivity index (χ4v) is 2.20. The van der Waals surface area contributed by atoms with Crippen molar-refractivity contribution in [3.63, 3.8) is 0 Å². The maximum Gasteiger partial charge on any atom is 0.115 e. The van der Waals surface area contributed by atoms with Gasteiger partial charge in [0.15, 0.2) is 0 Å². The van der Waals surface area contributed by atoms with Gasteiger partial charge in [0.1, 0.15) is 5.75 Å². The molecule has 0 amide bonds. The van der Waals surface area contributed by atoms with Crippen LogP contribution >= 0.6 is 0 Å². The number of nitrogens with zero attached hydrogens (tertiary/aromatic N) is 2. The summed E-state index contributed by atoms with van der Waals surface area (Å²) in [6, 6.07) is 8.03. The van der Waals surface area contributed by atoms with Crippen molar-refractivity contribution in [2.24, 2.45) is 0 Å². The molecule has 4 heteroatoms. The second-order valence-corrected chi connectivity index (χ2v) is 5.26. The fourth-order valence-electron chi connectivity index (χ4n) is 2.20. The molecule has 1 aliphatic carbocycles. The van der Waals surface area contributed by atoms with Crippen LogP contribution < -0.4 is 5.32 Å². The summed E-state index contributed by atoms with van der Waals surface area (Å²) in [5.74, 6) is 0.303. The van der Waals surface area contributed by atoms with Crippen molar-refractivity contribution < 1.29 is 5.11 Å². The van der Waals surface area contributed by atoms with E-state index in [2.05, 4.69) is 16.6 Å². The molecule has 1 aromatic carbocycles. The summed E-state index contributed by atoms with van der Waals surface area (Å²) in [6.45, 7) is 3.64. The van der Waals surface area contributed by atoms with Gasteiger partial charge in [0.05, 0.1) is 12.2 Å². The highest BCUT2D eigenvalue weighted by Crippen LogP contribution is 2.20. The highest BCUT2D eigenvalue weighted by atomic mass is 16.3. The predicted octanol–water partition coefficient (Wildman–Crippen LogP) is 2.20. The Morgan fingerprint density at radius 3 is 3.00 bits per heavy atom. The quantitative estimate of drug-likeness (QED) is 0.863. The van der Waals surface area contributed by atoms with E-state index in [-0.39, 0.29) is 0 Å². The number of aromatic hydroxyl groups is 1. The van der Waals surface area contributed by atoms with Crippen LogP contribution in [0.2, 0.25) is 0 Å². The minimum Gasteiger partial charge on any atom is -0.508 e. The zero-order chi connectivity index (χ0) is 13.2. The fraction of sp³-hybridized carbons (Fsp3) is 0.400. The van der Waals surface area contributed by atoms with E-state index in [1.54, 1.807) is 12.1 Å². The molecule has 1 aliphatic rings. The molecule has 0 saturated heterocycles. The first-order chi connectivity index (χ1) is 9.20. The lowest BCUT2D eigenvalue weighted by atomic mass is 10.2. The molecular formula is C15H19N3O. The Balaban J connectivity index is 1.68. The summed E-state index contributed by atoms with van der Waals surface area (Å²) in [4.78, 5) is 0. The van der Waals surface area contributed by atoms with E-state index in [0.717, 1.165) is 17.8 Å². The minimum absolute atomic E-state index is 0.303. The van der Waals surface area contributed by atoms with Crippen LogP contribution in [0.25, 0.3) is 0 Å². The Morgan fingerprint density at radius 2 is 2.26 bits per heavy atom. The molecule has 4 nitrogen and oxygen atoms in total. The Labute approximate surface area is 113 Å². The number of rotatable bonds is 5. The summed E-state index contributed by atoms with van der Waals surface area (Å²) < 4.78 is 1.94. The van der Waals surface area contributed by atoms with Gasteiger partial charge in [-0.3, -0.25) is 4.68 Å². The largest absolute Gasteiger partial charge is 0.508 e. The lowest BCUT2D eigenvalue weighted by Crippen LogP contribution is -2.15. The zero-order valence-corrected chi connectivity index (χ0v) is 11.1. The van der Waals surface area contributed by atoms with Crippen molar-refractivity contribution >= 4 is 0 Å². The number of hydrogen-bond acceptors (Lipinski definition) is 3. The Morgan fingerprint density at radius 1 is 1.42 bits per heavy atom. The number of aryl methyl sites for hydroxylation is 1. The molecule has 0 unspecified atom stereocenters. The molecule has 0 aliphatic heterocycles. The summed E-state index contributed by atoms with van der Waals surface area (Å²) >= 11 is 0. The summed E-state index contributed by atoms with van der Waals surface area (Å²) in [6.07, 6.45) is 4.70. The molecule has 1 saturated carbocycles. The average molecular weight is 257 g/mol. The molecule has 1 fully saturated rings. The number of hydrogen-bond donors (Lipinski definition) is 2. The van der Waals surface area contributed by atoms with Gasteiger partial charge in [0, 0.05) is 24.3 Å². The molecule has 1 heterocycles. The SMILES string of the molecule is Cc1nn(Cc2cccc(O)c2)cc1CNC1CC1. The topological polar surface area (TPSA) is 50.1 Å². The highest BCUT2D eigenvalue weighted by Gasteiger charge is 2.20. The molecule has 2 N–H and O–H groups in total. The number of nitrogens with one attached hydrogen (secondary N) is 1. The van der Waals surface area contributed by atoms with Crippen molar-refractivity contribution in [2.75, 3.05) is 0 Å². The molecule has 100 valence electrons. The summed E-state index contributed by atoms with van der Waals surface area (Å²) in [5.41, 5.74) is 3.39. The maximum absolute atomic E-state index is 9.46. The summed E-state index contributed by atoms with van der Waals surface area (Å²) in [7, 11) is 0. The normalized spacial score (nSPS) is 14.8. The van der Waals surface area contributed by atoms with Crippen LogP contribution in [-0.2, 0) is 13.1 Å². The summed E-state index contributed by atoms with van der Waals surface area (Å²) in [5, 5.41) is 17.5. The average Bonchev–Trinajstić information content (AvgIpc) is 3.12. The first-order valence-corrected chi connectivity index (χ1v) is 6.75. The van der Waals surface area contributed by atoms with Crippen LogP contribution in [0.15, 0.2) is 30.5 Å². The van der Waals surface area contributed by atoms with Crippen molar-refractivity contribution in [1.29, 1.82) is 0 Å². The molecule has 0 radical (unpaired) electrons. The monoisotopic (exact) mass is 257 g/mol. The Hall–Kier alpha value is -1.81. The third-order valence-electron chi connectivity index (χ3n) is 3.46. The second-order valence-electron chi connectivity index (χ2n) is 5.26. The second kappa shape index (κ2) is 5.05. The molecule has 1 aromatic heterocycles. The van der Waals surface area contributed by atoms with Gasteiger partial charge in [0.25, 0.3) is 0 Å². The van der Waals surface area contributed by atoms with E-state index in [1.807, 2.05) is 23.7 Å². The third kappa shape index (κ3) is 3.15. The number of aromatic nitrogens is 2. The van der Waals surface area contributed by atoms with Crippen molar-refractivity contribution in [2.45, 2.75) is 38.9 Å². The van der Waals surface area contributed by atoms with E-state index < -0.39 is 0 Å². The van der Waals surface area contributed by atoms with E-state index in [4.69, 9.17) is 0 Å². The lowest BCUT2D eigenvalue weighted by molar-refractivity contribution is 0.474.